The fourth-order valence-corrected chi connectivity index (χ4v) is 3.01. The average Bonchev–Trinajstić information content (AvgIpc) is 2.84. The highest BCUT2D eigenvalue weighted by Crippen LogP contribution is 2.25. The van der Waals surface area contributed by atoms with Crippen molar-refractivity contribution in [2.45, 2.75) is 12.6 Å². The van der Waals surface area contributed by atoms with Gasteiger partial charge < -0.3 is 14.6 Å². The molecule has 0 amide bonds. The van der Waals surface area contributed by atoms with Crippen molar-refractivity contribution in [3.8, 4) is 0 Å². The normalized spacial score (nSPS) is 21.3. The Morgan fingerprint density at radius 3 is 3.28 bits per heavy atom. The number of methoxy groups -OCH3 is 1. The lowest BCUT2D eigenvalue weighted by atomic mass is 10.3. The van der Waals surface area contributed by atoms with Crippen LogP contribution in [0.5, 0.6) is 0 Å². The van der Waals surface area contributed by atoms with Gasteiger partial charge in [-0.15, -0.1) is 0 Å². The average molecular weight is 272 g/mol. The highest BCUT2D eigenvalue weighted by Gasteiger charge is 2.25. The van der Waals surface area contributed by atoms with Crippen LogP contribution in [0.15, 0.2) is 4.52 Å². The molecule has 1 atom stereocenters. The van der Waals surface area contributed by atoms with Gasteiger partial charge in [-0.2, -0.15) is 16.7 Å². The molecule has 1 aromatic rings. The lowest BCUT2D eigenvalue weighted by molar-refractivity contribution is 0.197. The van der Waals surface area contributed by atoms with Crippen LogP contribution in [0.25, 0.3) is 0 Å². The summed E-state index contributed by atoms with van der Waals surface area (Å²) in [6, 6.07) is 0.278. The summed E-state index contributed by atoms with van der Waals surface area (Å²) in [6.45, 7) is 3.14. The third-order valence-electron chi connectivity index (χ3n) is 2.94. The molecule has 0 bridgehead atoms. The van der Waals surface area contributed by atoms with Crippen molar-refractivity contribution in [2.24, 2.45) is 0 Å². The Labute approximate surface area is 111 Å². The van der Waals surface area contributed by atoms with Gasteiger partial charge in [-0.05, 0) is 7.05 Å². The molecular formula is C11H20N4O2S. The summed E-state index contributed by atoms with van der Waals surface area (Å²) >= 11 is 1.94. The maximum absolute atomic E-state index is 5.25. The number of nitrogens with zero attached hydrogens (tertiary/aromatic N) is 3. The molecule has 1 saturated heterocycles. The molecule has 1 fully saturated rings. The molecule has 1 aliphatic rings. The molecule has 0 aromatic carbocycles. The predicted molar refractivity (Wildman–Crippen MR) is 70.6 cm³/mol. The number of aromatic nitrogens is 2. The maximum Gasteiger partial charge on any atom is 0.240 e. The first-order chi connectivity index (χ1) is 8.81. The Bertz CT molecular complexity index is 361. The van der Waals surface area contributed by atoms with E-state index in [4.69, 9.17) is 9.26 Å². The van der Waals surface area contributed by atoms with E-state index in [1.54, 1.807) is 7.11 Å². The van der Waals surface area contributed by atoms with Crippen molar-refractivity contribution in [1.29, 1.82) is 0 Å². The van der Waals surface area contributed by atoms with Gasteiger partial charge >= 0.3 is 0 Å². The second-order valence-electron chi connectivity index (χ2n) is 4.29. The summed E-state index contributed by atoms with van der Waals surface area (Å²) in [5, 5.41) is 7.27. The van der Waals surface area contributed by atoms with Gasteiger partial charge in [0.15, 0.2) is 5.82 Å². The minimum absolute atomic E-state index is 0.278. The number of rotatable bonds is 6. The number of hydrogen-bond donors (Lipinski definition) is 1. The van der Waals surface area contributed by atoms with Gasteiger partial charge in [0.05, 0.1) is 19.2 Å². The molecule has 1 aromatic heterocycles. The third-order valence-corrected chi connectivity index (χ3v) is 3.96. The molecule has 1 aliphatic heterocycles. The number of thioether (sulfide) groups is 1. The van der Waals surface area contributed by atoms with Crippen LogP contribution in [-0.2, 0) is 11.3 Å². The van der Waals surface area contributed by atoms with E-state index in [9.17, 15) is 0 Å². The molecule has 0 radical (unpaired) electrons. The monoisotopic (exact) mass is 272 g/mol. The molecular weight excluding hydrogens is 252 g/mol. The van der Waals surface area contributed by atoms with E-state index >= 15 is 0 Å². The van der Waals surface area contributed by atoms with Gasteiger partial charge in [-0.25, -0.2) is 0 Å². The van der Waals surface area contributed by atoms with Gasteiger partial charge in [0, 0.05) is 31.7 Å². The first kappa shape index (κ1) is 13.8. The zero-order valence-electron chi connectivity index (χ0n) is 10.9. The summed E-state index contributed by atoms with van der Waals surface area (Å²) in [7, 11) is 3.79. The Balaban J connectivity index is 1.85. The molecule has 2 heterocycles. The molecule has 0 aliphatic carbocycles. The van der Waals surface area contributed by atoms with E-state index in [0.717, 1.165) is 24.7 Å². The molecule has 102 valence electrons. The molecule has 18 heavy (non-hydrogen) atoms. The topological polar surface area (TPSA) is 63.4 Å². The molecule has 7 heteroatoms. The van der Waals surface area contributed by atoms with Crippen molar-refractivity contribution in [3.05, 3.63) is 11.7 Å². The fourth-order valence-electron chi connectivity index (χ4n) is 1.80. The van der Waals surface area contributed by atoms with E-state index in [0.29, 0.717) is 19.0 Å². The SMILES string of the molecule is COCCNCc1nc(C2CSCCN2C)no1. The van der Waals surface area contributed by atoms with Crippen molar-refractivity contribution in [2.75, 3.05) is 45.4 Å². The van der Waals surface area contributed by atoms with Crippen LogP contribution < -0.4 is 5.32 Å². The van der Waals surface area contributed by atoms with Gasteiger partial charge in [0.25, 0.3) is 0 Å². The molecule has 0 spiro atoms. The van der Waals surface area contributed by atoms with Crippen LogP contribution in [0.3, 0.4) is 0 Å². The molecule has 6 nitrogen and oxygen atoms in total. The molecule has 2 rings (SSSR count). The highest BCUT2D eigenvalue weighted by atomic mass is 32.2. The minimum Gasteiger partial charge on any atom is -0.383 e. The smallest absolute Gasteiger partial charge is 0.240 e. The first-order valence-corrected chi connectivity index (χ1v) is 7.27. The zero-order valence-corrected chi connectivity index (χ0v) is 11.7. The van der Waals surface area contributed by atoms with Crippen molar-refractivity contribution >= 4 is 11.8 Å². The van der Waals surface area contributed by atoms with E-state index in [2.05, 4.69) is 27.4 Å². The molecule has 0 saturated carbocycles. The summed E-state index contributed by atoms with van der Waals surface area (Å²) in [5.74, 6) is 3.65. The molecule has 1 N–H and O–H groups in total. The van der Waals surface area contributed by atoms with Gasteiger partial charge in [-0.3, -0.25) is 4.90 Å². The van der Waals surface area contributed by atoms with Crippen LogP contribution >= 0.6 is 11.8 Å². The number of ether oxygens (including phenoxy) is 1. The van der Waals surface area contributed by atoms with Gasteiger partial charge in [-0.1, -0.05) is 5.16 Å². The van der Waals surface area contributed by atoms with E-state index in [-0.39, 0.29) is 6.04 Å². The summed E-state index contributed by atoms with van der Waals surface area (Å²) in [5.41, 5.74) is 0. The van der Waals surface area contributed by atoms with E-state index < -0.39 is 0 Å². The lowest BCUT2D eigenvalue weighted by Crippen LogP contribution is -2.33. The van der Waals surface area contributed by atoms with E-state index in [1.165, 1.54) is 5.75 Å². The van der Waals surface area contributed by atoms with Gasteiger partial charge in [0.1, 0.15) is 0 Å². The van der Waals surface area contributed by atoms with Gasteiger partial charge in [0.2, 0.25) is 5.89 Å². The second-order valence-corrected chi connectivity index (χ2v) is 5.44. The lowest BCUT2D eigenvalue weighted by Gasteiger charge is -2.29. The van der Waals surface area contributed by atoms with Crippen LogP contribution in [0.2, 0.25) is 0 Å². The van der Waals surface area contributed by atoms with Crippen LogP contribution in [0.1, 0.15) is 17.8 Å². The Hall–Kier alpha value is -0.630. The Morgan fingerprint density at radius 1 is 1.61 bits per heavy atom. The van der Waals surface area contributed by atoms with Crippen LogP contribution in [0, 0.1) is 0 Å². The summed E-state index contributed by atoms with van der Waals surface area (Å²) in [6.07, 6.45) is 0. The fraction of sp³-hybridized carbons (Fsp3) is 0.818. The van der Waals surface area contributed by atoms with Crippen LogP contribution in [0.4, 0.5) is 0 Å². The van der Waals surface area contributed by atoms with Crippen molar-refractivity contribution in [1.82, 2.24) is 20.4 Å². The maximum atomic E-state index is 5.25. The number of hydrogen-bond acceptors (Lipinski definition) is 7. The molecule has 1 unspecified atom stereocenters. The quantitative estimate of drug-likeness (QED) is 0.758. The third kappa shape index (κ3) is 3.68. The predicted octanol–water partition coefficient (Wildman–Crippen LogP) is 0.525. The Morgan fingerprint density at radius 2 is 2.50 bits per heavy atom. The van der Waals surface area contributed by atoms with Crippen molar-refractivity contribution in [3.63, 3.8) is 0 Å². The standard InChI is InChI=1S/C11H20N4O2S/c1-15-4-6-18-8-9(15)11-13-10(17-14-11)7-12-3-5-16-2/h9,12H,3-8H2,1-2H3. The van der Waals surface area contributed by atoms with Crippen molar-refractivity contribution < 1.29 is 9.26 Å². The van der Waals surface area contributed by atoms with Crippen LogP contribution in [-0.4, -0.2) is 60.4 Å². The summed E-state index contributed by atoms with van der Waals surface area (Å²) < 4.78 is 10.2. The number of nitrogens with one attached hydrogen (secondary N) is 1. The minimum atomic E-state index is 0.278. The first-order valence-electron chi connectivity index (χ1n) is 6.11. The van der Waals surface area contributed by atoms with E-state index in [1.807, 2.05) is 11.8 Å². The highest BCUT2D eigenvalue weighted by molar-refractivity contribution is 7.99. The largest absolute Gasteiger partial charge is 0.383 e. The Kier molecular flexibility index (Phi) is 5.43. The summed E-state index contributed by atoms with van der Waals surface area (Å²) in [4.78, 5) is 6.73. The second kappa shape index (κ2) is 7.08. The zero-order chi connectivity index (χ0) is 12.8.